The third-order valence-electron chi connectivity index (χ3n) is 15.1. The largest absolute Gasteiger partial charge is 0.385 e. The molecule has 3 amide bonds. The van der Waals surface area contributed by atoms with E-state index in [2.05, 4.69) is 64.7 Å². The lowest BCUT2D eigenvalue weighted by Gasteiger charge is -2.49. The van der Waals surface area contributed by atoms with E-state index in [0.717, 1.165) is 146 Å². The first-order chi connectivity index (χ1) is 31.9. The number of aromatic nitrogens is 2. The number of benzene rings is 2. The van der Waals surface area contributed by atoms with Crippen LogP contribution in [0.15, 0.2) is 42.7 Å². The maximum atomic E-state index is 15.7. The zero-order chi connectivity index (χ0) is 45.8. The van der Waals surface area contributed by atoms with Crippen LogP contribution in [-0.2, 0) is 22.7 Å². The molecule has 9 rings (SSSR count). The molecule has 0 radical (unpaired) electrons. The Labute approximate surface area is 388 Å². The van der Waals surface area contributed by atoms with Gasteiger partial charge in [0.1, 0.15) is 35.6 Å². The standard InChI is InChI=1S/C49H68F2N12O3/c1-48(2)9-18-60(19-10-48)31-36-28-40(51)42(29-39(36)50)62-22-15-56-49(33-62)11-20-61(21-12-49)44-30-43(54-34-55-44)53-14-4-17-59-25-23-58(24-26-59)16-3-13-52-37-5-6-38-35(27-37)32-63(47(38)66)41-7-8-45(64)57-46(41)65/h5-6,27-30,34,41,52,56H,3-4,7-26,31-33H2,1-2H3,(H,53,54,55)(H,57,64,65). The first kappa shape index (κ1) is 46.2. The number of imide groups is 1. The maximum absolute atomic E-state index is 15.7. The zero-order valence-electron chi connectivity index (χ0n) is 38.9. The van der Waals surface area contributed by atoms with Crippen LogP contribution in [0, 0.1) is 17.0 Å². The van der Waals surface area contributed by atoms with Gasteiger partial charge in [-0.3, -0.25) is 24.6 Å². The number of piperidine rings is 3. The van der Waals surface area contributed by atoms with E-state index in [0.29, 0.717) is 54.8 Å². The minimum absolute atomic E-state index is 0.151. The van der Waals surface area contributed by atoms with Crippen LogP contribution < -0.4 is 31.1 Å². The SMILES string of the molecule is CC1(C)CCN(Cc2cc(F)c(N3CCNC4(CCN(c5cc(NCCCN6CCN(CCCNc7ccc8c(c7)CN(C7CCC(=O)NC7=O)C8=O)CC6)ncn5)CC4)C3)cc2F)CC1. The summed E-state index contributed by atoms with van der Waals surface area (Å²) in [6.07, 6.45) is 8.16. The average Bonchev–Trinajstić information content (AvgIpc) is 3.63. The molecule has 3 aromatic rings. The van der Waals surface area contributed by atoms with Crippen LogP contribution in [0.2, 0.25) is 0 Å². The van der Waals surface area contributed by atoms with Crippen molar-refractivity contribution in [2.45, 2.75) is 89.9 Å². The van der Waals surface area contributed by atoms with Crippen LogP contribution in [0.1, 0.15) is 86.7 Å². The summed E-state index contributed by atoms with van der Waals surface area (Å²) in [4.78, 5) is 59.4. The van der Waals surface area contributed by atoms with Gasteiger partial charge in [-0.1, -0.05) is 13.8 Å². The van der Waals surface area contributed by atoms with Crippen LogP contribution in [0.4, 0.5) is 31.8 Å². The van der Waals surface area contributed by atoms with Gasteiger partial charge in [0.2, 0.25) is 11.8 Å². The third kappa shape index (κ3) is 10.9. The van der Waals surface area contributed by atoms with E-state index in [4.69, 9.17) is 0 Å². The number of rotatable bonds is 15. The molecule has 1 aromatic heterocycles. The monoisotopic (exact) mass is 911 g/mol. The summed E-state index contributed by atoms with van der Waals surface area (Å²) in [7, 11) is 0. The van der Waals surface area contributed by atoms with Crippen molar-refractivity contribution in [3.05, 3.63) is 71.1 Å². The Kier molecular flexibility index (Phi) is 14.1. The number of piperazine rings is 2. The van der Waals surface area contributed by atoms with Crippen LogP contribution in [0.3, 0.4) is 0 Å². The number of carbonyl (C=O) groups excluding carboxylic acids is 3. The third-order valence-corrected chi connectivity index (χ3v) is 15.1. The molecule has 0 aliphatic carbocycles. The van der Waals surface area contributed by atoms with Crippen molar-refractivity contribution in [1.82, 2.24) is 40.2 Å². The Balaban J connectivity index is 0.655. The smallest absolute Gasteiger partial charge is 0.255 e. The normalized spacial score (nSPS) is 22.8. The molecule has 1 atom stereocenters. The van der Waals surface area contributed by atoms with E-state index in [1.807, 2.05) is 29.2 Å². The van der Waals surface area contributed by atoms with E-state index in [9.17, 15) is 14.4 Å². The fourth-order valence-corrected chi connectivity index (χ4v) is 10.8. The van der Waals surface area contributed by atoms with E-state index < -0.39 is 11.9 Å². The minimum atomic E-state index is -0.603. The van der Waals surface area contributed by atoms with Gasteiger partial charge < -0.3 is 40.4 Å². The van der Waals surface area contributed by atoms with E-state index in [-0.39, 0.29) is 35.4 Å². The van der Waals surface area contributed by atoms with E-state index >= 15 is 8.78 Å². The van der Waals surface area contributed by atoms with E-state index in [1.54, 1.807) is 11.2 Å². The number of carbonyl (C=O) groups is 3. The highest BCUT2D eigenvalue weighted by atomic mass is 19.1. The molecule has 0 bridgehead atoms. The number of hydrogen-bond donors (Lipinski definition) is 4. The predicted octanol–water partition coefficient (Wildman–Crippen LogP) is 4.51. The number of hydrogen-bond acceptors (Lipinski definition) is 13. The van der Waals surface area contributed by atoms with Gasteiger partial charge >= 0.3 is 0 Å². The van der Waals surface area contributed by atoms with Gasteiger partial charge in [0.05, 0.1) is 5.69 Å². The first-order valence-electron chi connectivity index (χ1n) is 24.4. The summed E-state index contributed by atoms with van der Waals surface area (Å²) in [5, 5.41) is 13.2. The fraction of sp³-hybridized carbons (Fsp3) is 0.612. The average molecular weight is 911 g/mol. The number of anilines is 4. The lowest BCUT2D eigenvalue weighted by molar-refractivity contribution is -0.136. The highest BCUT2D eigenvalue weighted by Gasteiger charge is 2.41. The van der Waals surface area contributed by atoms with Gasteiger partial charge in [0.15, 0.2) is 0 Å². The van der Waals surface area contributed by atoms with Gasteiger partial charge in [-0.2, -0.15) is 0 Å². The summed E-state index contributed by atoms with van der Waals surface area (Å²) in [5.74, 6) is 0.259. The Morgan fingerprint density at radius 3 is 2.23 bits per heavy atom. The predicted molar refractivity (Wildman–Crippen MR) is 253 cm³/mol. The van der Waals surface area contributed by atoms with Gasteiger partial charge in [-0.05, 0) is 106 Å². The second-order valence-corrected chi connectivity index (χ2v) is 20.2. The molecular formula is C49H68F2N12O3. The van der Waals surface area contributed by atoms with E-state index in [1.165, 1.54) is 12.1 Å². The van der Waals surface area contributed by atoms with Gasteiger partial charge in [0.25, 0.3) is 5.91 Å². The number of fused-ring (bicyclic) bond motifs is 1. The molecule has 7 heterocycles. The molecule has 17 heteroatoms. The lowest BCUT2D eigenvalue weighted by atomic mass is 9.82. The molecule has 356 valence electrons. The highest BCUT2D eigenvalue weighted by molar-refractivity contribution is 6.05. The molecule has 4 N–H and O–H groups in total. The number of amides is 3. The molecule has 66 heavy (non-hydrogen) atoms. The molecule has 15 nitrogen and oxygen atoms in total. The fourth-order valence-electron chi connectivity index (χ4n) is 10.8. The summed E-state index contributed by atoms with van der Waals surface area (Å²) in [6.45, 7) is 18.7. The van der Waals surface area contributed by atoms with Crippen molar-refractivity contribution in [3.63, 3.8) is 0 Å². The van der Waals surface area contributed by atoms with Crippen molar-refractivity contribution in [1.29, 1.82) is 0 Å². The quantitative estimate of drug-likeness (QED) is 0.126. The van der Waals surface area contributed by atoms with Crippen LogP contribution >= 0.6 is 0 Å². The van der Waals surface area contributed by atoms with Crippen LogP contribution in [0.25, 0.3) is 0 Å². The molecule has 6 aliphatic heterocycles. The van der Waals surface area contributed by atoms with Crippen molar-refractivity contribution in [3.8, 4) is 0 Å². The minimum Gasteiger partial charge on any atom is -0.385 e. The lowest BCUT2D eigenvalue weighted by Crippen LogP contribution is -2.64. The summed E-state index contributed by atoms with van der Waals surface area (Å²) in [5.41, 5.74) is 3.46. The molecule has 5 saturated heterocycles. The van der Waals surface area contributed by atoms with Crippen LogP contribution in [-0.4, -0.2) is 157 Å². The number of nitrogens with zero attached hydrogens (tertiary/aromatic N) is 8. The Bertz CT molecular complexity index is 2220. The zero-order valence-corrected chi connectivity index (χ0v) is 38.9. The van der Waals surface area contributed by atoms with Crippen molar-refractivity contribution in [2.75, 3.05) is 119 Å². The Morgan fingerprint density at radius 1 is 0.773 bits per heavy atom. The van der Waals surface area contributed by atoms with Crippen LogP contribution in [0.5, 0.6) is 0 Å². The van der Waals surface area contributed by atoms with Crippen molar-refractivity contribution < 1.29 is 23.2 Å². The van der Waals surface area contributed by atoms with Crippen molar-refractivity contribution in [2.24, 2.45) is 5.41 Å². The molecule has 1 unspecified atom stereocenters. The molecule has 5 fully saturated rings. The van der Waals surface area contributed by atoms with Gasteiger partial charge in [0, 0.05) is 126 Å². The summed E-state index contributed by atoms with van der Waals surface area (Å²) >= 11 is 0. The Hall–Kier alpha value is -4.97. The molecule has 0 saturated carbocycles. The number of likely N-dealkylation sites (tertiary alicyclic amines) is 1. The second-order valence-electron chi connectivity index (χ2n) is 20.2. The summed E-state index contributed by atoms with van der Waals surface area (Å²) < 4.78 is 31.1. The first-order valence-corrected chi connectivity index (χ1v) is 24.4. The molecule has 6 aliphatic rings. The highest BCUT2D eigenvalue weighted by Crippen LogP contribution is 2.35. The van der Waals surface area contributed by atoms with Gasteiger partial charge in [-0.15, -0.1) is 0 Å². The topological polar surface area (TPSA) is 145 Å². The number of nitrogens with one attached hydrogen (secondary N) is 4. The van der Waals surface area contributed by atoms with Gasteiger partial charge in [-0.25, -0.2) is 18.7 Å². The summed E-state index contributed by atoms with van der Waals surface area (Å²) in [6, 6.07) is 10.1. The Morgan fingerprint density at radius 2 is 1.50 bits per heavy atom. The molecular weight excluding hydrogens is 843 g/mol. The second kappa shape index (κ2) is 20.1. The maximum Gasteiger partial charge on any atom is 0.255 e. The van der Waals surface area contributed by atoms with Crippen molar-refractivity contribution >= 4 is 40.7 Å². The number of halogens is 2. The molecule has 1 spiro atoms. The molecule has 2 aromatic carbocycles.